The monoisotopic (exact) mass is 224 g/mol. The van der Waals surface area contributed by atoms with E-state index >= 15 is 0 Å². The lowest BCUT2D eigenvalue weighted by molar-refractivity contribution is 0.598. The van der Waals surface area contributed by atoms with Crippen LogP contribution >= 0.6 is 0 Å². The first-order chi connectivity index (χ1) is 7.09. The number of pyridine rings is 1. The number of hydrogen-bond donors (Lipinski definition) is 2. The van der Waals surface area contributed by atoms with Crippen molar-refractivity contribution in [3.8, 4) is 11.4 Å². The van der Waals surface area contributed by atoms with E-state index in [4.69, 9.17) is 5.14 Å². The molecule has 2 rings (SSSR count). The molecule has 0 bridgehead atoms. The molecule has 0 aliphatic carbocycles. The lowest BCUT2D eigenvalue weighted by Crippen LogP contribution is -2.12. The molecule has 0 fully saturated rings. The quantitative estimate of drug-likeness (QED) is 0.756. The summed E-state index contributed by atoms with van der Waals surface area (Å²) in [6.45, 7) is 0. The minimum Gasteiger partial charge on any atom is -0.275 e. The Morgan fingerprint density at radius 1 is 1.33 bits per heavy atom. The Morgan fingerprint density at radius 3 is 2.73 bits per heavy atom. The summed E-state index contributed by atoms with van der Waals surface area (Å²) in [5.74, 6) is 0. The van der Waals surface area contributed by atoms with Gasteiger partial charge in [0.25, 0.3) is 0 Å². The first kappa shape index (κ1) is 9.81. The molecule has 0 unspecified atom stereocenters. The highest BCUT2D eigenvalue weighted by atomic mass is 32.2. The van der Waals surface area contributed by atoms with E-state index in [9.17, 15) is 8.42 Å². The smallest absolute Gasteiger partial charge is 0.241 e. The van der Waals surface area contributed by atoms with E-state index in [2.05, 4.69) is 15.2 Å². The number of nitrogens with two attached hydrogens (primary N) is 1. The molecule has 0 atom stereocenters. The number of rotatable bonds is 2. The van der Waals surface area contributed by atoms with Gasteiger partial charge in [0.1, 0.15) is 10.6 Å². The Balaban J connectivity index is 2.61. The highest BCUT2D eigenvalue weighted by Crippen LogP contribution is 2.21. The maximum absolute atomic E-state index is 11.2. The van der Waals surface area contributed by atoms with Gasteiger partial charge in [-0.2, -0.15) is 5.10 Å². The highest BCUT2D eigenvalue weighted by Gasteiger charge is 2.17. The summed E-state index contributed by atoms with van der Waals surface area (Å²) in [6, 6.07) is 5.15. The molecule has 0 radical (unpaired) electrons. The van der Waals surface area contributed by atoms with Crippen molar-refractivity contribution >= 4 is 10.0 Å². The molecular formula is C8H8N4O2S. The van der Waals surface area contributed by atoms with Crippen molar-refractivity contribution in [1.82, 2.24) is 15.2 Å². The number of sulfonamides is 1. The molecule has 7 heteroatoms. The van der Waals surface area contributed by atoms with Crippen molar-refractivity contribution in [2.24, 2.45) is 5.14 Å². The summed E-state index contributed by atoms with van der Waals surface area (Å²) >= 11 is 0. The normalized spacial score (nSPS) is 11.5. The molecule has 6 nitrogen and oxygen atoms in total. The average molecular weight is 224 g/mol. The van der Waals surface area contributed by atoms with Crippen LogP contribution < -0.4 is 5.14 Å². The fourth-order valence-corrected chi connectivity index (χ4v) is 1.82. The Bertz CT molecular complexity index is 561. The van der Waals surface area contributed by atoms with E-state index in [0.717, 1.165) is 0 Å². The van der Waals surface area contributed by atoms with Crippen molar-refractivity contribution in [3.63, 3.8) is 0 Å². The molecule has 0 aromatic carbocycles. The Morgan fingerprint density at radius 2 is 2.13 bits per heavy atom. The van der Waals surface area contributed by atoms with Gasteiger partial charge in [-0.3, -0.25) is 10.1 Å². The summed E-state index contributed by atoms with van der Waals surface area (Å²) in [4.78, 5) is 3.95. The zero-order valence-corrected chi connectivity index (χ0v) is 8.40. The van der Waals surface area contributed by atoms with E-state index in [1.807, 2.05) is 0 Å². The highest BCUT2D eigenvalue weighted by molar-refractivity contribution is 7.89. The predicted molar refractivity (Wildman–Crippen MR) is 53.2 cm³/mol. The molecule has 0 amide bonds. The van der Waals surface area contributed by atoms with Crippen LogP contribution in [0.5, 0.6) is 0 Å². The molecule has 0 saturated heterocycles. The van der Waals surface area contributed by atoms with Crippen LogP contribution in [-0.2, 0) is 10.0 Å². The summed E-state index contributed by atoms with van der Waals surface area (Å²) in [6.07, 6.45) is 2.72. The van der Waals surface area contributed by atoms with Crippen LogP contribution in [0.1, 0.15) is 0 Å². The van der Waals surface area contributed by atoms with E-state index in [0.29, 0.717) is 11.4 Å². The third kappa shape index (κ3) is 1.88. The van der Waals surface area contributed by atoms with Gasteiger partial charge in [-0.1, -0.05) is 6.07 Å². The second-order valence-corrected chi connectivity index (χ2v) is 4.40. The molecule has 2 aromatic heterocycles. The Kier molecular flexibility index (Phi) is 2.25. The largest absolute Gasteiger partial charge is 0.275 e. The maximum Gasteiger partial charge on any atom is 0.241 e. The van der Waals surface area contributed by atoms with Gasteiger partial charge in [0.05, 0.1) is 11.9 Å². The number of nitrogens with zero attached hydrogens (tertiary/aromatic N) is 2. The van der Waals surface area contributed by atoms with Crippen LogP contribution in [0.2, 0.25) is 0 Å². The average Bonchev–Trinajstić information content (AvgIpc) is 2.67. The van der Waals surface area contributed by atoms with Gasteiger partial charge in [0.2, 0.25) is 10.0 Å². The zero-order chi connectivity index (χ0) is 10.9. The van der Waals surface area contributed by atoms with Gasteiger partial charge in [-0.25, -0.2) is 13.6 Å². The number of hydrogen-bond acceptors (Lipinski definition) is 4. The minimum absolute atomic E-state index is 0.0544. The Hall–Kier alpha value is -1.73. The number of H-pyrrole nitrogens is 1. The number of nitrogens with one attached hydrogen (secondary N) is 1. The van der Waals surface area contributed by atoms with Crippen LogP contribution in [-0.4, -0.2) is 23.6 Å². The summed E-state index contributed by atoms with van der Waals surface area (Å²) in [7, 11) is -3.77. The molecule has 3 N–H and O–H groups in total. The molecular weight excluding hydrogens is 216 g/mol. The number of aromatic nitrogens is 3. The van der Waals surface area contributed by atoms with Gasteiger partial charge >= 0.3 is 0 Å². The van der Waals surface area contributed by atoms with Crippen LogP contribution in [0, 0.1) is 0 Å². The molecule has 0 aliphatic heterocycles. The summed E-state index contributed by atoms with van der Waals surface area (Å²) < 4.78 is 22.4. The van der Waals surface area contributed by atoms with Gasteiger partial charge in [0.15, 0.2) is 0 Å². The van der Waals surface area contributed by atoms with Crippen molar-refractivity contribution in [2.75, 3.05) is 0 Å². The fraction of sp³-hybridized carbons (Fsp3) is 0. The number of primary sulfonamides is 1. The zero-order valence-electron chi connectivity index (χ0n) is 7.58. The molecule has 78 valence electrons. The van der Waals surface area contributed by atoms with E-state index in [1.54, 1.807) is 24.4 Å². The third-order valence-corrected chi connectivity index (χ3v) is 2.75. The van der Waals surface area contributed by atoms with Gasteiger partial charge in [-0.15, -0.1) is 0 Å². The SMILES string of the molecule is NS(=O)(=O)c1cn[nH]c1-c1ccccn1. The molecule has 0 aliphatic rings. The van der Waals surface area contributed by atoms with Crippen LogP contribution in [0.25, 0.3) is 11.4 Å². The van der Waals surface area contributed by atoms with Crippen molar-refractivity contribution in [2.45, 2.75) is 4.90 Å². The van der Waals surface area contributed by atoms with E-state index in [1.165, 1.54) is 6.20 Å². The summed E-state index contributed by atoms with van der Waals surface area (Å²) in [5.41, 5.74) is 0.789. The standard InChI is InChI=1S/C8H8N4O2S/c9-15(13,14)7-5-11-12-8(7)6-3-1-2-4-10-6/h1-5H,(H,11,12)(H2,9,13,14). The van der Waals surface area contributed by atoms with E-state index < -0.39 is 10.0 Å². The van der Waals surface area contributed by atoms with Crippen LogP contribution in [0.15, 0.2) is 35.5 Å². The first-order valence-corrected chi connectivity index (χ1v) is 5.61. The van der Waals surface area contributed by atoms with E-state index in [-0.39, 0.29) is 4.90 Å². The second-order valence-electron chi connectivity index (χ2n) is 2.87. The minimum atomic E-state index is -3.77. The lowest BCUT2D eigenvalue weighted by atomic mass is 10.3. The van der Waals surface area contributed by atoms with Crippen molar-refractivity contribution in [3.05, 3.63) is 30.6 Å². The topological polar surface area (TPSA) is 102 Å². The third-order valence-electron chi connectivity index (χ3n) is 1.83. The second kappa shape index (κ2) is 3.44. The molecule has 2 aromatic rings. The lowest BCUT2D eigenvalue weighted by Gasteiger charge is -1.99. The van der Waals surface area contributed by atoms with Crippen molar-refractivity contribution in [1.29, 1.82) is 0 Å². The molecule has 2 heterocycles. The molecule has 0 saturated carbocycles. The fourth-order valence-electron chi connectivity index (χ4n) is 1.18. The maximum atomic E-state index is 11.2. The van der Waals surface area contributed by atoms with Gasteiger partial charge < -0.3 is 0 Å². The van der Waals surface area contributed by atoms with Crippen LogP contribution in [0.3, 0.4) is 0 Å². The molecule has 0 spiro atoms. The summed E-state index contributed by atoms with van der Waals surface area (Å²) in [5, 5.41) is 11.2. The Labute approximate surface area is 86.2 Å². The molecule has 15 heavy (non-hydrogen) atoms. The van der Waals surface area contributed by atoms with Crippen molar-refractivity contribution < 1.29 is 8.42 Å². The van der Waals surface area contributed by atoms with Crippen LogP contribution in [0.4, 0.5) is 0 Å². The van der Waals surface area contributed by atoms with Gasteiger partial charge in [0, 0.05) is 6.20 Å². The van der Waals surface area contributed by atoms with Gasteiger partial charge in [-0.05, 0) is 12.1 Å². The first-order valence-electron chi connectivity index (χ1n) is 4.06. The predicted octanol–water partition coefficient (Wildman–Crippen LogP) is 0.119. The number of aromatic amines is 1.